The number of aryl methyl sites for hydroxylation is 2. The van der Waals surface area contributed by atoms with Gasteiger partial charge in [-0.05, 0) is 31.4 Å². The van der Waals surface area contributed by atoms with Crippen LogP contribution in [0.1, 0.15) is 33.5 Å². The molecule has 7 heteroatoms. The highest BCUT2D eigenvalue weighted by molar-refractivity contribution is 7.14. The largest absolute Gasteiger partial charge is 0.335 e. The summed E-state index contributed by atoms with van der Waals surface area (Å²) >= 11 is 1.51. The zero-order chi connectivity index (χ0) is 15.2. The average molecular weight is 307 g/mol. The maximum atomic E-state index is 12.5. The third-order valence-electron chi connectivity index (χ3n) is 4.12. The van der Waals surface area contributed by atoms with E-state index in [0.29, 0.717) is 17.8 Å². The van der Waals surface area contributed by atoms with Crippen LogP contribution >= 0.6 is 11.3 Å². The van der Waals surface area contributed by atoms with Crippen molar-refractivity contribution in [1.29, 1.82) is 0 Å². The van der Waals surface area contributed by atoms with Crippen molar-refractivity contribution >= 4 is 29.2 Å². The summed E-state index contributed by atoms with van der Waals surface area (Å²) in [4.78, 5) is 39.3. The molecule has 1 spiro atoms. The Hall–Kier alpha value is -1.89. The monoisotopic (exact) mass is 307 g/mol. The molecule has 0 aromatic carbocycles. The zero-order valence-corrected chi connectivity index (χ0v) is 12.8. The maximum Gasteiger partial charge on any atom is 0.322 e. The second-order valence-electron chi connectivity index (χ2n) is 5.54. The van der Waals surface area contributed by atoms with E-state index in [1.807, 2.05) is 13.0 Å². The van der Waals surface area contributed by atoms with Crippen molar-refractivity contribution < 1.29 is 14.4 Å². The van der Waals surface area contributed by atoms with E-state index in [9.17, 15) is 14.4 Å². The highest BCUT2D eigenvalue weighted by atomic mass is 32.1. The predicted molar refractivity (Wildman–Crippen MR) is 78.4 cm³/mol. The molecule has 2 aliphatic heterocycles. The van der Waals surface area contributed by atoms with Crippen LogP contribution in [0.4, 0.5) is 4.79 Å². The van der Waals surface area contributed by atoms with Gasteiger partial charge in [-0.15, -0.1) is 11.3 Å². The van der Waals surface area contributed by atoms with Gasteiger partial charge in [-0.2, -0.15) is 0 Å². The number of hydrogen-bond donors (Lipinski definition) is 2. The Morgan fingerprint density at radius 3 is 2.81 bits per heavy atom. The van der Waals surface area contributed by atoms with Crippen LogP contribution in [-0.2, 0) is 11.2 Å². The number of imide groups is 1. The number of urea groups is 1. The van der Waals surface area contributed by atoms with E-state index in [2.05, 4.69) is 17.6 Å². The van der Waals surface area contributed by atoms with Crippen LogP contribution in [0, 0.1) is 6.92 Å². The molecular formula is C14H17N3O3S. The highest BCUT2D eigenvalue weighted by Gasteiger charge is 2.51. The van der Waals surface area contributed by atoms with E-state index in [-0.39, 0.29) is 18.4 Å². The van der Waals surface area contributed by atoms with E-state index >= 15 is 0 Å². The topological polar surface area (TPSA) is 78.5 Å². The molecule has 112 valence electrons. The van der Waals surface area contributed by atoms with Crippen molar-refractivity contribution in [1.82, 2.24) is 15.5 Å². The van der Waals surface area contributed by atoms with Gasteiger partial charge in [0.25, 0.3) is 11.8 Å². The van der Waals surface area contributed by atoms with Gasteiger partial charge in [-0.3, -0.25) is 14.9 Å². The standard InChI is InChI=1S/C14H17N3O3S/c1-3-9-8(2)6-10(21-9)11(18)17-5-4-14(7-17)12(19)15-13(20)16-14/h6H,3-5,7H2,1-2H3,(H2,15,16,19,20). The van der Waals surface area contributed by atoms with E-state index in [1.165, 1.54) is 16.2 Å². The summed E-state index contributed by atoms with van der Waals surface area (Å²) in [5, 5.41) is 4.90. The Kier molecular flexibility index (Phi) is 3.24. The fourth-order valence-corrected chi connectivity index (χ4v) is 4.01. The third-order valence-corrected chi connectivity index (χ3v) is 5.49. The number of rotatable bonds is 2. The first kappa shape index (κ1) is 14.1. The number of thiophene rings is 1. The molecule has 2 aliphatic rings. The Bertz CT molecular complexity index is 639. The number of amides is 4. The average Bonchev–Trinajstić information content (AvgIpc) is 3.09. The summed E-state index contributed by atoms with van der Waals surface area (Å²) in [6.45, 7) is 4.78. The first-order chi connectivity index (χ1) is 9.95. The third kappa shape index (κ3) is 2.21. The molecule has 1 aromatic heterocycles. The Balaban J connectivity index is 1.78. The lowest BCUT2D eigenvalue weighted by atomic mass is 10.00. The maximum absolute atomic E-state index is 12.5. The Labute approximate surface area is 126 Å². The van der Waals surface area contributed by atoms with Gasteiger partial charge in [0.15, 0.2) is 0 Å². The smallest absolute Gasteiger partial charge is 0.322 e. The molecule has 21 heavy (non-hydrogen) atoms. The molecule has 6 nitrogen and oxygen atoms in total. The summed E-state index contributed by atoms with van der Waals surface area (Å²) in [7, 11) is 0. The van der Waals surface area contributed by atoms with Gasteiger partial charge in [-0.1, -0.05) is 6.92 Å². The number of hydrogen-bond acceptors (Lipinski definition) is 4. The van der Waals surface area contributed by atoms with Gasteiger partial charge < -0.3 is 10.2 Å². The molecule has 3 heterocycles. The SMILES string of the molecule is CCc1sc(C(=O)N2CCC3(C2)NC(=O)NC3=O)cc1C. The van der Waals surface area contributed by atoms with Gasteiger partial charge in [0, 0.05) is 11.4 Å². The number of nitrogens with one attached hydrogen (secondary N) is 2. The predicted octanol–water partition coefficient (Wildman–Crippen LogP) is 1.04. The lowest BCUT2D eigenvalue weighted by Gasteiger charge is -2.20. The van der Waals surface area contributed by atoms with E-state index in [0.717, 1.165) is 12.0 Å². The van der Waals surface area contributed by atoms with Crippen molar-refractivity contribution in [2.24, 2.45) is 0 Å². The summed E-state index contributed by atoms with van der Waals surface area (Å²) in [6, 6.07) is 1.43. The number of likely N-dealkylation sites (tertiary alicyclic amines) is 1. The summed E-state index contributed by atoms with van der Waals surface area (Å²) in [6.07, 6.45) is 1.37. The Morgan fingerprint density at radius 1 is 1.48 bits per heavy atom. The first-order valence-corrected chi connectivity index (χ1v) is 7.79. The molecule has 0 bridgehead atoms. The number of nitrogens with zero attached hydrogens (tertiary/aromatic N) is 1. The van der Waals surface area contributed by atoms with Crippen LogP contribution in [0.15, 0.2) is 6.07 Å². The van der Waals surface area contributed by atoms with Crippen molar-refractivity contribution in [2.75, 3.05) is 13.1 Å². The minimum atomic E-state index is -0.938. The van der Waals surface area contributed by atoms with Crippen LogP contribution < -0.4 is 10.6 Å². The molecule has 1 atom stereocenters. The van der Waals surface area contributed by atoms with Crippen LogP contribution in [0.25, 0.3) is 0 Å². The van der Waals surface area contributed by atoms with Gasteiger partial charge in [0.05, 0.1) is 11.4 Å². The van der Waals surface area contributed by atoms with E-state index in [1.54, 1.807) is 4.90 Å². The molecule has 2 saturated heterocycles. The van der Waals surface area contributed by atoms with Crippen molar-refractivity contribution in [3.63, 3.8) is 0 Å². The molecule has 3 rings (SSSR count). The van der Waals surface area contributed by atoms with Crippen LogP contribution in [0.5, 0.6) is 0 Å². The lowest BCUT2D eigenvalue weighted by molar-refractivity contribution is -0.123. The molecule has 1 unspecified atom stereocenters. The fourth-order valence-electron chi connectivity index (χ4n) is 2.93. The fraction of sp³-hybridized carbons (Fsp3) is 0.500. The quantitative estimate of drug-likeness (QED) is 0.801. The summed E-state index contributed by atoms with van der Waals surface area (Å²) in [5.41, 5.74) is 0.193. The molecule has 0 aliphatic carbocycles. The lowest BCUT2D eigenvalue weighted by Crippen LogP contribution is -2.49. The molecule has 0 radical (unpaired) electrons. The molecule has 0 saturated carbocycles. The normalized spacial score (nSPS) is 24.6. The van der Waals surface area contributed by atoms with Crippen LogP contribution in [0.3, 0.4) is 0 Å². The minimum absolute atomic E-state index is 0.0615. The second-order valence-corrected chi connectivity index (χ2v) is 6.67. The highest BCUT2D eigenvalue weighted by Crippen LogP contribution is 2.29. The molecule has 2 N–H and O–H groups in total. The molecule has 1 aromatic rings. The molecular weight excluding hydrogens is 290 g/mol. The van der Waals surface area contributed by atoms with Crippen molar-refractivity contribution in [3.05, 3.63) is 21.4 Å². The minimum Gasteiger partial charge on any atom is -0.335 e. The zero-order valence-electron chi connectivity index (χ0n) is 12.0. The first-order valence-electron chi connectivity index (χ1n) is 6.97. The van der Waals surface area contributed by atoms with Gasteiger partial charge in [0.1, 0.15) is 5.54 Å². The van der Waals surface area contributed by atoms with Gasteiger partial charge in [0.2, 0.25) is 0 Å². The van der Waals surface area contributed by atoms with Crippen molar-refractivity contribution in [3.8, 4) is 0 Å². The molecule has 2 fully saturated rings. The van der Waals surface area contributed by atoms with E-state index < -0.39 is 11.6 Å². The van der Waals surface area contributed by atoms with Crippen LogP contribution in [-0.4, -0.2) is 41.4 Å². The van der Waals surface area contributed by atoms with E-state index in [4.69, 9.17) is 0 Å². The number of carbonyl (C=O) groups is 3. The van der Waals surface area contributed by atoms with Gasteiger partial charge in [-0.25, -0.2) is 4.79 Å². The van der Waals surface area contributed by atoms with Crippen LogP contribution in [0.2, 0.25) is 0 Å². The Morgan fingerprint density at radius 2 is 2.24 bits per heavy atom. The number of carbonyl (C=O) groups excluding carboxylic acids is 3. The molecule has 4 amide bonds. The van der Waals surface area contributed by atoms with Gasteiger partial charge >= 0.3 is 6.03 Å². The van der Waals surface area contributed by atoms with Crippen molar-refractivity contribution in [2.45, 2.75) is 32.2 Å². The summed E-state index contributed by atoms with van der Waals surface area (Å²) < 4.78 is 0. The summed E-state index contributed by atoms with van der Waals surface area (Å²) in [5.74, 6) is -0.395. The second kappa shape index (κ2) is 4.84.